The maximum absolute atomic E-state index is 2.49. The van der Waals surface area contributed by atoms with Crippen molar-refractivity contribution < 1.29 is 0 Å². The van der Waals surface area contributed by atoms with Crippen LogP contribution < -0.4 is 0 Å². The Morgan fingerprint density at radius 1 is 0.818 bits per heavy atom. The van der Waals surface area contributed by atoms with E-state index in [1.807, 2.05) is 0 Å². The third kappa shape index (κ3) is 0.761. The molecule has 5 aliphatic carbocycles. The zero-order chi connectivity index (χ0) is 7.42. The Labute approximate surface area is 69.4 Å². The third-order valence-electron chi connectivity index (χ3n) is 4.77. The molecule has 11 heavy (non-hydrogen) atoms. The largest absolute Gasteiger partial charge is 0.0622 e. The van der Waals surface area contributed by atoms with Gasteiger partial charge < -0.3 is 0 Å². The smallest absolute Gasteiger partial charge is 0.0357 e. The monoisotopic (exact) mass is 150 g/mol. The minimum absolute atomic E-state index is 1.08. The first-order valence-electron chi connectivity index (χ1n) is 5.34. The molecule has 5 fully saturated rings. The van der Waals surface area contributed by atoms with Crippen molar-refractivity contribution in [2.75, 3.05) is 0 Å². The molecule has 5 rings (SSSR count). The molecule has 5 aliphatic rings. The van der Waals surface area contributed by atoms with Crippen LogP contribution in [0.2, 0.25) is 0 Å². The minimum Gasteiger partial charge on any atom is -0.0622 e. The van der Waals surface area contributed by atoms with Crippen LogP contribution in [0.1, 0.15) is 39.0 Å². The fourth-order valence-corrected chi connectivity index (χ4v) is 4.24. The lowest BCUT2D eigenvalue weighted by atomic mass is 9.50. The predicted octanol–water partition coefficient (Wildman–Crippen LogP) is 3.08. The summed E-state index contributed by atoms with van der Waals surface area (Å²) in [6.07, 6.45) is 7.96. The number of fused-ring (bicyclic) bond motifs is 2. The molecule has 0 N–H and O–H groups in total. The van der Waals surface area contributed by atoms with E-state index < -0.39 is 0 Å². The molecule has 5 atom stereocenters. The molecule has 0 spiro atoms. The van der Waals surface area contributed by atoms with Crippen molar-refractivity contribution >= 4 is 0 Å². The molecule has 4 bridgehead atoms. The van der Waals surface area contributed by atoms with E-state index >= 15 is 0 Å². The average molecular weight is 150 g/mol. The van der Waals surface area contributed by atoms with Crippen molar-refractivity contribution in [1.82, 2.24) is 0 Å². The summed E-state index contributed by atoms with van der Waals surface area (Å²) in [5, 5.41) is 0. The molecule has 0 aromatic rings. The molecular formula is C11H18. The summed E-state index contributed by atoms with van der Waals surface area (Å²) >= 11 is 0. The van der Waals surface area contributed by atoms with Gasteiger partial charge in [-0.3, -0.25) is 0 Å². The fraction of sp³-hybridized carbons (Fsp3) is 1.00. The van der Waals surface area contributed by atoms with Gasteiger partial charge in [-0.2, -0.15) is 0 Å². The second kappa shape index (κ2) is 2.02. The van der Waals surface area contributed by atoms with Crippen molar-refractivity contribution in [2.24, 2.45) is 29.6 Å². The topological polar surface area (TPSA) is 0 Å². The molecule has 0 aliphatic heterocycles. The van der Waals surface area contributed by atoms with Crippen molar-refractivity contribution in [3.8, 4) is 0 Å². The summed E-state index contributed by atoms with van der Waals surface area (Å²) < 4.78 is 0. The zero-order valence-corrected chi connectivity index (χ0v) is 7.42. The maximum Gasteiger partial charge on any atom is -0.0357 e. The highest BCUT2D eigenvalue weighted by Gasteiger charge is 2.48. The molecule has 0 radical (unpaired) electrons. The van der Waals surface area contributed by atoms with Gasteiger partial charge in [-0.05, 0) is 61.7 Å². The number of hydrogen-bond acceptors (Lipinski definition) is 0. The summed E-state index contributed by atoms with van der Waals surface area (Å²) in [5.74, 6) is 5.72. The summed E-state index contributed by atoms with van der Waals surface area (Å²) in [5.41, 5.74) is 0. The first kappa shape index (κ1) is 6.51. The van der Waals surface area contributed by atoms with E-state index in [2.05, 4.69) is 6.92 Å². The number of hydrogen-bond donors (Lipinski definition) is 0. The summed E-state index contributed by atoms with van der Waals surface area (Å²) in [6.45, 7) is 2.49. The van der Waals surface area contributed by atoms with Crippen LogP contribution in [0.25, 0.3) is 0 Å². The lowest BCUT2D eigenvalue weighted by molar-refractivity contribution is -0.0525. The fourth-order valence-electron chi connectivity index (χ4n) is 4.24. The Hall–Kier alpha value is 0. The van der Waals surface area contributed by atoms with E-state index in [1.54, 1.807) is 32.1 Å². The SMILES string of the molecule is C[C@@H]1CC2CC3CCC2CC31. The summed E-state index contributed by atoms with van der Waals surface area (Å²) in [7, 11) is 0. The summed E-state index contributed by atoms with van der Waals surface area (Å²) in [6, 6.07) is 0. The number of rotatable bonds is 0. The average Bonchev–Trinajstić information content (AvgIpc) is 2.05. The molecule has 4 unspecified atom stereocenters. The van der Waals surface area contributed by atoms with Crippen LogP contribution in [-0.4, -0.2) is 0 Å². The molecule has 0 saturated heterocycles. The molecule has 0 amide bonds. The van der Waals surface area contributed by atoms with Crippen molar-refractivity contribution in [3.63, 3.8) is 0 Å². The van der Waals surface area contributed by atoms with Crippen molar-refractivity contribution in [3.05, 3.63) is 0 Å². The highest BCUT2D eigenvalue weighted by molar-refractivity contribution is 4.98. The van der Waals surface area contributed by atoms with Gasteiger partial charge in [0.25, 0.3) is 0 Å². The van der Waals surface area contributed by atoms with Crippen LogP contribution in [0.5, 0.6) is 0 Å². The van der Waals surface area contributed by atoms with Gasteiger partial charge in [-0.15, -0.1) is 0 Å². The van der Waals surface area contributed by atoms with E-state index in [1.165, 1.54) is 5.92 Å². The molecule has 0 aromatic carbocycles. The second-order valence-electron chi connectivity index (χ2n) is 5.21. The van der Waals surface area contributed by atoms with E-state index in [0.29, 0.717) is 0 Å². The van der Waals surface area contributed by atoms with Crippen LogP contribution in [0.4, 0.5) is 0 Å². The predicted molar refractivity (Wildman–Crippen MR) is 46.2 cm³/mol. The van der Waals surface area contributed by atoms with Crippen molar-refractivity contribution in [2.45, 2.75) is 39.0 Å². The van der Waals surface area contributed by atoms with E-state index in [9.17, 15) is 0 Å². The van der Waals surface area contributed by atoms with Crippen LogP contribution in [0, 0.1) is 29.6 Å². The lowest BCUT2D eigenvalue weighted by Crippen LogP contribution is -2.46. The molecule has 0 nitrogen and oxygen atoms in total. The Kier molecular flexibility index (Phi) is 1.20. The van der Waals surface area contributed by atoms with Crippen molar-refractivity contribution in [1.29, 1.82) is 0 Å². The molecule has 62 valence electrons. The van der Waals surface area contributed by atoms with Crippen LogP contribution >= 0.6 is 0 Å². The lowest BCUT2D eigenvalue weighted by Gasteiger charge is -2.55. The quantitative estimate of drug-likeness (QED) is 0.498. The van der Waals surface area contributed by atoms with Gasteiger partial charge in [0.15, 0.2) is 0 Å². The maximum atomic E-state index is 2.49. The van der Waals surface area contributed by atoms with Gasteiger partial charge in [0.2, 0.25) is 0 Å². The molecule has 0 aromatic heterocycles. The van der Waals surface area contributed by atoms with Gasteiger partial charge in [0.05, 0.1) is 0 Å². The van der Waals surface area contributed by atoms with Gasteiger partial charge in [0.1, 0.15) is 0 Å². The molecular weight excluding hydrogens is 132 g/mol. The Morgan fingerprint density at radius 2 is 1.64 bits per heavy atom. The molecule has 0 heterocycles. The summed E-state index contributed by atoms with van der Waals surface area (Å²) in [4.78, 5) is 0. The standard InChI is InChI=1S/C11H18/c1-7-4-10-5-9-3-2-8(10)6-11(7)9/h7-11H,2-6H2,1H3/t7-,8?,9?,10?,11?/m1/s1. The Morgan fingerprint density at radius 3 is 2.18 bits per heavy atom. The van der Waals surface area contributed by atoms with E-state index in [0.717, 1.165) is 23.7 Å². The van der Waals surface area contributed by atoms with Crippen LogP contribution in [-0.2, 0) is 0 Å². The first-order chi connectivity index (χ1) is 5.34. The normalized spacial score (nSPS) is 60.3. The highest BCUT2D eigenvalue weighted by atomic mass is 14.5. The van der Waals surface area contributed by atoms with E-state index in [4.69, 9.17) is 0 Å². The molecule has 0 heteroatoms. The highest BCUT2D eigenvalue weighted by Crippen LogP contribution is 2.57. The van der Waals surface area contributed by atoms with Crippen LogP contribution in [0.3, 0.4) is 0 Å². The van der Waals surface area contributed by atoms with Gasteiger partial charge >= 0.3 is 0 Å². The Bertz CT molecular complexity index is 171. The third-order valence-corrected chi connectivity index (χ3v) is 4.77. The second-order valence-corrected chi connectivity index (χ2v) is 5.21. The Balaban J connectivity index is 1.93. The minimum atomic E-state index is 1.08. The van der Waals surface area contributed by atoms with E-state index in [-0.39, 0.29) is 0 Å². The van der Waals surface area contributed by atoms with Gasteiger partial charge in [-0.25, -0.2) is 0 Å². The van der Waals surface area contributed by atoms with Gasteiger partial charge in [0, 0.05) is 0 Å². The van der Waals surface area contributed by atoms with Gasteiger partial charge in [-0.1, -0.05) is 6.92 Å². The molecule has 5 saturated carbocycles. The van der Waals surface area contributed by atoms with Crippen LogP contribution in [0.15, 0.2) is 0 Å². The first-order valence-corrected chi connectivity index (χ1v) is 5.34. The zero-order valence-electron chi connectivity index (χ0n) is 7.42.